The van der Waals surface area contributed by atoms with Crippen LogP contribution in [0.15, 0.2) is 64.9 Å². The van der Waals surface area contributed by atoms with Crippen molar-refractivity contribution in [1.29, 1.82) is 0 Å². The third-order valence-electron chi connectivity index (χ3n) is 6.58. The van der Waals surface area contributed by atoms with Crippen molar-refractivity contribution in [1.82, 2.24) is 20.1 Å². The molecule has 0 bridgehead atoms. The van der Waals surface area contributed by atoms with E-state index in [0.717, 1.165) is 39.9 Å². The zero-order valence-electron chi connectivity index (χ0n) is 18.3. The number of aromatic amines is 1. The standard InChI is InChI=1S/C24H23N5O3S/c1-28-8-6-18-16(13-33(2,31)32)9-15-12-29(17-3-4-19-14(10-17)11-26-27-19)20-5-7-25-23(21(15)20)22(18)24(28)30/h3-4,6,8-12,20,25H,5,7,13H2,1-2H3,(H,26,27). The molecule has 1 aromatic carbocycles. The number of hydrogen-bond acceptors (Lipinski definition) is 6. The summed E-state index contributed by atoms with van der Waals surface area (Å²) < 4.78 is 26.1. The van der Waals surface area contributed by atoms with Crippen LogP contribution in [0.3, 0.4) is 0 Å². The first-order valence-corrected chi connectivity index (χ1v) is 12.9. The Kier molecular flexibility index (Phi) is 4.22. The molecule has 0 saturated heterocycles. The fourth-order valence-corrected chi connectivity index (χ4v) is 5.96. The highest BCUT2D eigenvalue weighted by molar-refractivity contribution is 7.91. The van der Waals surface area contributed by atoms with Gasteiger partial charge in [0.15, 0.2) is 9.84 Å². The Balaban J connectivity index is 1.60. The molecule has 1 atom stereocenters. The molecule has 0 saturated carbocycles. The van der Waals surface area contributed by atoms with E-state index in [2.05, 4.69) is 38.7 Å². The van der Waals surface area contributed by atoms with Gasteiger partial charge in [0, 0.05) is 48.9 Å². The minimum Gasteiger partial charge on any atom is -0.384 e. The van der Waals surface area contributed by atoms with Crippen LogP contribution < -0.4 is 15.8 Å². The summed E-state index contributed by atoms with van der Waals surface area (Å²) in [5, 5.41) is 11.6. The average Bonchev–Trinajstić information content (AvgIpc) is 3.35. The van der Waals surface area contributed by atoms with E-state index in [1.807, 2.05) is 18.2 Å². The largest absolute Gasteiger partial charge is 0.384 e. The summed E-state index contributed by atoms with van der Waals surface area (Å²) in [5.41, 5.74) is 6.51. The molecule has 1 aliphatic carbocycles. The fourth-order valence-electron chi connectivity index (χ4n) is 5.15. The van der Waals surface area contributed by atoms with Crippen molar-refractivity contribution < 1.29 is 8.42 Å². The Morgan fingerprint density at radius 2 is 2.09 bits per heavy atom. The topological polar surface area (TPSA) is 100 Å². The zero-order valence-corrected chi connectivity index (χ0v) is 19.1. The number of anilines is 1. The lowest BCUT2D eigenvalue weighted by molar-refractivity contribution is 0.605. The van der Waals surface area contributed by atoms with Gasteiger partial charge in [-0.1, -0.05) is 0 Å². The number of nitrogens with one attached hydrogen (secondary N) is 2. The molecule has 2 aliphatic heterocycles. The van der Waals surface area contributed by atoms with Gasteiger partial charge in [-0.25, -0.2) is 8.42 Å². The van der Waals surface area contributed by atoms with Crippen molar-refractivity contribution in [2.24, 2.45) is 7.05 Å². The molecule has 3 aromatic rings. The normalized spacial score (nSPS) is 19.6. The molecule has 4 heterocycles. The molecular formula is C24H23N5O3S. The van der Waals surface area contributed by atoms with Crippen LogP contribution in [0, 0.1) is 0 Å². The van der Waals surface area contributed by atoms with Gasteiger partial charge in [0.25, 0.3) is 5.56 Å². The van der Waals surface area contributed by atoms with E-state index in [4.69, 9.17) is 0 Å². The van der Waals surface area contributed by atoms with Crippen LogP contribution in [0.4, 0.5) is 5.69 Å². The van der Waals surface area contributed by atoms with Crippen molar-refractivity contribution in [3.8, 4) is 0 Å². The molecule has 2 N–H and O–H groups in total. The van der Waals surface area contributed by atoms with E-state index < -0.39 is 9.84 Å². The Hall–Kier alpha value is -3.59. The number of rotatable bonds is 3. The molecule has 1 unspecified atom stereocenters. The number of aromatic nitrogens is 3. The van der Waals surface area contributed by atoms with E-state index in [1.54, 1.807) is 24.0 Å². The second-order valence-corrected chi connectivity index (χ2v) is 11.1. The lowest BCUT2D eigenvalue weighted by Gasteiger charge is -2.32. The third-order valence-corrected chi connectivity index (χ3v) is 7.42. The fraction of sp³-hybridized carbons (Fsp3) is 0.250. The number of aryl methyl sites for hydroxylation is 1. The van der Waals surface area contributed by atoms with Gasteiger partial charge in [0.1, 0.15) is 0 Å². The van der Waals surface area contributed by atoms with Gasteiger partial charge in [0.05, 0.1) is 34.8 Å². The smallest absolute Gasteiger partial charge is 0.260 e. The van der Waals surface area contributed by atoms with E-state index >= 15 is 0 Å². The maximum absolute atomic E-state index is 13.3. The van der Waals surface area contributed by atoms with Crippen LogP contribution in [-0.2, 0) is 16.9 Å². The predicted molar refractivity (Wildman–Crippen MR) is 129 cm³/mol. The maximum Gasteiger partial charge on any atom is 0.260 e. The lowest BCUT2D eigenvalue weighted by Crippen LogP contribution is -2.38. The number of sulfone groups is 1. The molecule has 9 heteroatoms. The Labute approximate surface area is 190 Å². The second kappa shape index (κ2) is 6.95. The van der Waals surface area contributed by atoms with Gasteiger partial charge in [-0.3, -0.25) is 9.89 Å². The summed E-state index contributed by atoms with van der Waals surface area (Å²) in [4.78, 5) is 15.5. The third kappa shape index (κ3) is 3.14. The molecule has 0 spiro atoms. The van der Waals surface area contributed by atoms with Gasteiger partial charge >= 0.3 is 0 Å². The predicted octanol–water partition coefficient (Wildman–Crippen LogP) is 2.18. The maximum atomic E-state index is 13.3. The number of hydrogen-bond donors (Lipinski definition) is 2. The highest BCUT2D eigenvalue weighted by Gasteiger charge is 2.38. The van der Waals surface area contributed by atoms with Crippen molar-refractivity contribution in [2.75, 3.05) is 23.5 Å². The van der Waals surface area contributed by atoms with Gasteiger partial charge in [-0.2, -0.15) is 5.10 Å². The Morgan fingerprint density at radius 1 is 1.24 bits per heavy atom. The molecule has 0 amide bonds. The summed E-state index contributed by atoms with van der Waals surface area (Å²) in [6, 6.07) is 8.05. The number of nitrogens with zero attached hydrogens (tertiary/aromatic N) is 3. The van der Waals surface area contributed by atoms with E-state index in [-0.39, 0.29) is 17.4 Å². The van der Waals surface area contributed by atoms with Gasteiger partial charge < -0.3 is 14.8 Å². The van der Waals surface area contributed by atoms with Gasteiger partial charge in [-0.05, 0) is 53.5 Å². The summed E-state index contributed by atoms with van der Waals surface area (Å²) >= 11 is 0. The quantitative estimate of drug-likeness (QED) is 0.620. The molecule has 3 aliphatic rings. The minimum absolute atomic E-state index is 0.0483. The Bertz CT molecular complexity index is 1590. The van der Waals surface area contributed by atoms with Crippen molar-refractivity contribution in [2.45, 2.75) is 12.5 Å². The highest BCUT2D eigenvalue weighted by Crippen LogP contribution is 2.44. The molecule has 0 fully saturated rings. The molecule has 168 valence electrons. The first-order chi connectivity index (χ1) is 15.8. The van der Waals surface area contributed by atoms with E-state index in [1.165, 1.54) is 6.26 Å². The SMILES string of the molecule is Cn1ccc2c(c1=O)C1=C3C(=CN(c4ccc5[nH]ncc5c4)C3CCN1)C=C2CS(C)(=O)=O. The summed E-state index contributed by atoms with van der Waals surface area (Å²) in [6.07, 6.45) is 9.61. The first-order valence-electron chi connectivity index (χ1n) is 10.8. The van der Waals surface area contributed by atoms with Crippen LogP contribution in [0.5, 0.6) is 0 Å². The number of H-pyrrole nitrogens is 1. The lowest BCUT2D eigenvalue weighted by atomic mass is 9.92. The molecule has 6 rings (SSSR count). The average molecular weight is 462 g/mol. The molecule has 2 aromatic heterocycles. The minimum atomic E-state index is -3.31. The number of allylic oxidation sites excluding steroid dienone is 1. The molecule has 0 radical (unpaired) electrons. The van der Waals surface area contributed by atoms with Gasteiger partial charge in [-0.15, -0.1) is 0 Å². The number of fused-ring (bicyclic) bond motifs is 3. The first kappa shape index (κ1) is 20.0. The Morgan fingerprint density at radius 3 is 2.91 bits per heavy atom. The van der Waals surface area contributed by atoms with Crippen LogP contribution >= 0.6 is 0 Å². The van der Waals surface area contributed by atoms with Crippen LogP contribution in [-0.4, -0.2) is 47.8 Å². The second-order valence-electron chi connectivity index (χ2n) is 8.91. The molecule has 8 nitrogen and oxygen atoms in total. The highest BCUT2D eigenvalue weighted by atomic mass is 32.2. The number of benzene rings is 1. The van der Waals surface area contributed by atoms with Crippen LogP contribution in [0.1, 0.15) is 17.5 Å². The number of pyridine rings is 1. The van der Waals surface area contributed by atoms with Crippen molar-refractivity contribution in [3.63, 3.8) is 0 Å². The van der Waals surface area contributed by atoms with E-state index in [0.29, 0.717) is 23.2 Å². The summed E-state index contributed by atoms with van der Waals surface area (Å²) in [7, 11) is -1.59. The molecule has 33 heavy (non-hydrogen) atoms. The van der Waals surface area contributed by atoms with Crippen molar-refractivity contribution in [3.05, 3.63) is 81.6 Å². The van der Waals surface area contributed by atoms with Crippen LogP contribution in [0.2, 0.25) is 0 Å². The van der Waals surface area contributed by atoms with Crippen LogP contribution in [0.25, 0.3) is 22.2 Å². The van der Waals surface area contributed by atoms with E-state index in [9.17, 15) is 13.2 Å². The summed E-state index contributed by atoms with van der Waals surface area (Å²) in [6.45, 7) is 0.716. The monoisotopic (exact) mass is 461 g/mol. The summed E-state index contributed by atoms with van der Waals surface area (Å²) in [5.74, 6) is -0.128. The van der Waals surface area contributed by atoms with Gasteiger partial charge in [0.2, 0.25) is 0 Å². The molecular weight excluding hydrogens is 438 g/mol. The van der Waals surface area contributed by atoms with Crippen molar-refractivity contribution >= 4 is 37.7 Å². The zero-order chi connectivity index (χ0) is 22.9.